The van der Waals surface area contributed by atoms with Gasteiger partial charge in [0.25, 0.3) is 5.91 Å². The van der Waals surface area contributed by atoms with Gasteiger partial charge in [-0.1, -0.05) is 23.7 Å². The Balaban J connectivity index is 1.65. The molecule has 0 fully saturated rings. The number of hydrogen-bond acceptors (Lipinski definition) is 4. The summed E-state index contributed by atoms with van der Waals surface area (Å²) in [6.45, 7) is 1.88. The number of ether oxygens (including phenoxy) is 1. The number of hydrazone groups is 1. The van der Waals surface area contributed by atoms with Gasteiger partial charge in [0.2, 0.25) is 5.91 Å². The molecule has 0 radical (unpaired) electrons. The topological polar surface area (TPSA) is 71.0 Å². The van der Waals surface area contributed by atoms with Crippen LogP contribution in [0.1, 0.15) is 18.4 Å². The van der Waals surface area contributed by atoms with Crippen LogP contribution < -0.4 is 15.1 Å². The smallest absolute Gasteiger partial charge is 0.271 e. The summed E-state index contributed by atoms with van der Waals surface area (Å²) in [5.41, 5.74) is -0.556. The molecule has 0 bridgehead atoms. The predicted octanol–water partition coefficient (Wildman–Crippen LogP) is 6.12. The highest BCUT2D eigenvalue weighted by Gasteiger charge is 2.32. The number of amides is 2. The highest BCUT2D eigenvalue weighted by molar-refractivity contribution is 6.44. The lowest BCUT2D eigenvalue weighted by Gasteiger charge is -2.24. The normalized spacial score (nSPS) is 13.5. The Hall–Kier alpha value is -3.92. The summed E-state index contributed by atoms with van der Waals surface area (Å²) in [5, 5.41) is 6.65. The van der Waals surface area contributed by atoms with Gasteiger partial charge in [-0.3, -0.25) is 9.59 Å². The number of anilines is 2. The average molecular weight is 506 g/mol. The minimum atomic E-state index is -1.81. The van der Waals surface area contributed by atoms with Crippen LogP contribution in [-0.4, -0.2) is 17.5 Å². The summed E-state index contributed by atoms with van der Waals surface area (Å²) >= 11 is 6.06. The van der Waals surface area contributed by atoms with Crippen molar-refractivity contribution in [2.24, 2.45) is 5.10 Å². The van der Waals surface area contributed by atoms with Gasteiger partial charge in [-0.25, -0.2) is 17.6 Å². The molecule has 180 valence electrons. The van der Waals surface area contributed by atoms with E-state index in [1.54, 1.807) is 24.3 Å². The molecule has 11 heteroatoms. The first-order chi connectivity index (χ1) is 16.6. The van der Waals surface area contributed by atoms with Crippen molar-refractivity contribution in [3.8, 4) is 11.5 Å². The second-order valence-electron chi connectivity index (χ2n) is 7.58. The van der Waals surface area contributed by atoms with Crippen molar-refractivity contribution in [2.75, 3.05) is 10.3 Å². The largest absolute Gasteiger partial charge is 0.455 e. The van der Waals surface area contributed by atoms with Crippen LogP contribution in [0.15, 0.2) is 53.6 Å². The van der Waals surface area contributed by atoms with Crippen molar-refractivity contribution in [1.29, 1.82) is 0 Å². The molecule has 1 heterocycles. The molecule has 3 aromatic carbocycles. The molecule has 6 nitrogen and oxygen atoms in total. The zero-order chi connectivity index (χ0) is 25.3. The van der Waals surface area contributed by atoms with E-state index in [1.165, 1.54) is 12.1 Å². The molecule has 3 aromatic rings. The minimum Gasteiger partial charge on any atom is -0.455 e. The molecule has 0 atom stereocenters. The molecular weight excluding hydrogens is 490 g/mol. The highest BCUT2D eigenvalue weighted by Crippen LogP contribution is 2.33. The van der Waals surface area contributed by atoms with Crippen LogP contribution in [0.5, 0.6) is 11.5 Å². The molecule has 2 amide bonds. The van der Waals surface area contributed by atoms with Crippen LogP contribution in [0.3, 0.4) is 0 Å². The summed E-state index contributed by atoms with van der Waals surface area (Å²) in [7, 11) is 0. The van der Waals surface area contributed by atoms with E-state index in [4.69, 9.17) is 16.3 Å². The molecule has 0 unspecified atom stereocenters. The Labute approximate surface area is 201 Å². The molecular formula is C24H16ClF4N3O3. The number of hydrogen-bond donors (Lipinski definition) is 1. The molecule has 1 aliphatic heterocycles. The van der Waals surface area contributed by atoms with E-state index in [1.807, 2.05) is 13.0 Å². The predicted molar refractivity (Wildman–Crippen MR) is 122 cm³/mol. The Bertz CT molecular complexity index is 1350. The number of halogens is 5. The van der Waals surface area contributed by atoms with Gasteiger partial charge in [0, 0.05) is 23.9 Å². The second kappa shape index (κ2) is 9.75. The van der Waals surface area contributed by atoms with Gasteiger partial charge in [0.1, 0.15) is 17.1 Å². The number of aryl methyl sites for hydroxylation is 1. The van der Waals surface area contributed by atoms with Crippen molar-refractivity contribution in [2.45, 2.75) is 19.8 Å². The summed E-state index contributed by atoms with van der Waals surface area (Å²) in [4.78, 5) is 25.2. The van der Waals surface area contributed by atoms with E-state index in [0.29, 0.717) is 5.75 Å². The molecule has 0 saturated heterocycles. The molecule has 0 aliphatic carbocycles. The van der Waals surface area contributed by atoms with Crippen LogP contribution in [0.25, 0.3) is 0 Å². The summed E-state index contributed by atoms with van der Waals surface area (Å²) in [5.74, 6) is -8.11. The van der Waals surface area contributed by atoms with Gasteiger partial charge in [-0.2, -0.15) is 10.1 Å². The Morgan fingerprint density at radius 1 is 1.03 bits per heavy atom. The molecule has 35 heavy (non-hydrogen) atoms. The van der Waals surface area contributed by atoms with E-state index in [2.05, 4.69) is 10.4 Å². The van der Waals surface area contributed by atoms with Gasteiger partial charge < -0.3 is 10.1 Å². The van der Waals surface area contributed by atoms with Gasteiger partial charge in [0.15, 0.2) is 29.0 Å². The first kappa shape index (κ1) is 24.2. The van der Waals surface area contributed by atoms with Crippen LogP contribution >= 0.6 is 11.6 Å². The van der Waals surface area contributed by atoms with Crippen LogP contribution in [0.2, 0.25) is 5.02 Å². The molecule has 0 spiro atoms. The monoisotopic (exact) mass is 505 g/mol. The summed E-state index contributed by atoms with van der Waals surface area (Å²) < 4.78 is 61.6. The van der Waals surface area contributed by atoms with Gasteiger partial charge in [-0.05, 0) is 42.8 Å². The molecule has 1 N–H and O–H groups in total. The third-order valence-corrected chi connectivity index (χ3v) is 5.24. The van der Waals surface area contributed by atoms with E-state index in [0.717, 1.165) is 5.56 Å². The SMILES string of the molecule is Cc1cccc(Oc2ccc(Cl)cc2NC(=O)C2=NN(c3c(F)c(F)cc(F)c3F)C(=O)CC2)c1. The number of nitrogens with one attached hydrogen (secondary N) is 1. The Kier molecular flexibility index (Phi) is 6.74. The fraction of sp³-hybridized carbons (Fsp3) is 0.125. The molecule has 4 rings (SSSR count). The van der Waals surface area contributed by atoms with Crippen molar-refractivity contribution < 1.29 is 31.9 Å². The lowest BCUT2D eigenvalue weighted by Crippen LogP contribution is -2.37. The van der Waals surface area contributed by atoms with E-state index in [9.17, 15) is 27.2 Å². The number of rotatable bonds is 5. The lowest BCUT2D eigenvalue weighted by atomic mass is 10.1. The summed E-state index contributed by atoms with van der Waals surface area (Å²) in [6.07, 6.45) is -0.567. The third kappa shape index (κ3) is 5.12. The third-order valence-electron chi connectivity index (χ3n) is 5.00. The highest BCUT2D eigenvalue weighted by atomic mass is 35.5. The Morgan fingerprint density at radius 2 is 1.74 bits per heavy atom. The second-order valence-corrected chi connectivity index (χ2v) is 8.02. The quantitative estimate of drug-likeness (QED) is 0.335. The van der Waals surface area contributed by atoms with E-state index < -0.39 is 40.8 Å². The average Bonchev–Trinajstić information content (AvgIpc) is 2.81. The maximum atomic E-state index is 14.2. The Morgan fingerprint density at radius 3 is 2.43 bits per heavy atom. The summed E-state index contributed by atoms with van der Waals surface area (Å²) in [6, 6.07) is 11.6. The fourth-order valence-electron chi connectivity index (χ4n) is 3.33. The number of nitrogens with zero attached hydrogens (tertiary/aromatic N) is 2. The minimum absolute atomic E-state index is 0.00876. The van der Waals surface area contributed by atoms with E-state index in [-0.39, 0.29) is 46.1 Å². The maximum absolute atomic E-state index is 14.2. The van der Waals surface area contributed by atoms with Crippen LogP contribution in [0, 0.1) is 30.2 Å². The number of carbonyl (C=O) groups excluding carboxylic acids is 2. The zero-order valence-electron chi connectivity index (χ0n) is 18.0. The first-order valence-corrected chi connectivity index (χ1v) is 10.6. The number of carbonyl (C=O) groups is 2. The van der Waals surface area contributed by atoms with Crippen molar-refractivity contribution in [1.82, 2.24) is 0 Å². The van der Waals surface area contributed by atoms with Gasteiger partial charge in [-0.15, -0.1) is 0 Å². The van der Waals surface area contributed by atoms with Gasteiger partial charge >= 0.3 is 0 Å². The van der Waals surface area contributed by atoms with Crippen LogP contribution in [-0.2, 0) is 9.59 Å². The molecule has 0 saturated carbocycles. The first-order valence-electron chi connectivity index (χ1n) is 10.2. The number of benzene rings is 3. The maximum Gasteiger partial charge on any atom is 0.271 e. The van der Waals surface area contributed by atoms with E-state index >= 15 is 0 Å². The van der Waals surface area contributed by atoms with Crippen LogP contribution in [0.4, 0.5) is 28.9 Å². The lowest BCUT2D eigenvalue weighted by molar-refractivity contribution is -0.118. The molecule has 1 aliphatic rings. The standard InChI is InChI=1S/C24H16ClF4N3O3/c1-12-3-2-4-14(9-12)35-19-7-5-13(25)10-18(19)30-24(34)17-6-8-20(33)32(31-17)23-21(28)15(26)11-16(27)22(23)29/h2-5,7,9-11H,6,8H2,1H3,(H,30,34). The van der Waals surface area contributed by atoms with Crippen molar-refractivity contribution in [3.05, 3.63) is 82.4 Å². The zero-order valence-corrected chi connectivity index (χ0v) is 18.8. The van der Waals surface area contributed by atoms with Gasteiger partial charge in [0.05, 0.1) is 5.69 Å². The van der Waals surface area contributed by atoms with Crippen molar-refractivity contribution in [3.63, 3.8) is 0 Å². The molecule has 0 aromatic heterocycles. The van der Waals surface area contributed by atoms with Crippen molar-refractivity contribution >= 4 is 40.5 Å². The fourth-order valence-corrected chi connectivity index (χ4v) is 3.50.